The minimum Gasteiger partial charge on any atom is -0.327 e. The molecule has 0 amide bonds. The molecule has 4 saturated heterocycles. The van der Waals surface area contributed by atoms with Crippen LogP contribution in [0, 0.1) is 11.8 Å². The summed E-state index contributed by atoms with van der Waals surface area (Å²) in [6.07, 6.45) is 4.78. The molecule has 2 N–H and O–H groups in total. The Balaban J connectivity index is 0.000000333. The first kappa shape index (κ1) is 21.4. The fourth-order valence-corrected chi connectivity index (χ4v) is 3.96. The molecule has 4 fully saturated rings. The van der Waals surface area contributed by atoms with E-state index >= 15 is 0 Å². The van der Waals surface area contributed by atoms with E-state index in [0.29, 0.717) is 17.7 Å². The van der Waals surface area contributed by atoms with Gasteiger partial charge in [-0.25, -0.2) is 0 Å². The third-order valence-electron chi connectivity index (χ3n) is 4.79. The van der Waals surface area contributed by atoms with Crippen LogP contribution in [0.2, 0.25) is 0 Å². The van der Waals surface area contributed by atoms with Crippen molar-refractivity contribution in [2.45, 2.75) is 31.7 Å². The monoisotopic (exact) mass is 359 g/mol. The van der Waals surface area contributed by atoms with Crippen LogP contribution in [-0.4, -0.2) is 60.9 Å². The number of hydrogen-bond acceptors (Lipinski definition) is 4. The molecule has 0 aromatic rings. The third-order valence-corrected chi connectivity index (χ3v) is 4.79. The van der Waals surface area contributed by atoms with Gasteiger partial charge in [-0.15, -0.1) is 37.2 Å². The average Bonchev–Trinajstić information content (AvgIpc) is 2.83. The first-order chi connectivity index (χ1) is 8.69. The van der Waals surface area contributed by atoms with Crippen molar-refractivity contribution >= 4 is 43.0 Å². The standard InChI is InChI=1S/C7H14N2.C7H11NO.3ClH/c8-7-3-6-1-2-9(4-6)5-7;9-7-3-6-1-2-8(4-6)5-7;;;/h6-7H,1-5,8H2;6H,1-5H2;3*1H/t6-,7-;6-;;;/m11.../s1. The van der Waals surface area contributed by atoms with E-state index < -0.39 is 0 Å². The zero-order valence-electron chi connectivity index (χ0n) is 12.4. The molecule has 126 valence electrons. The van der Waals surface area contributed by atoms with Crippen LogP contribution in [0.5, 0.6) is 0 Å². The molecule has 0 aromatic carbocycles. The van der Waals surface area contributed by atoms with E-state index in [1.54, 1.807) is 0 Å². The van der Waals surface area contributed by atoms with Gasteiger partial charge in [-0.2, -0.15) is 0 Å². The second kappa shape index (κ2) is 9.53. The predicted octanol–water partition coefficient (Wildman–Crippen LogP) is 1.59. The fraction of sp³-hybridized carbons (Fsp3) is 0.929. The topological polar surface area (TPSA) is 49.6 Å². The van der Waals surface area contributed by atoms with Crippen LogP contribution in [-0.2, 0) is 4.79 Å². The molecule has 0 aromatic heterocycles. The van der Waals surface area contributed by atoms with Crippen molar-refractivity contribution < 1.29 is 4.79 Å². The minimum atomic E-state index is 0. The van der Waals surface area contributed by atoms with Crippen molar-refractivity contribution in [1.82, 2.24) is 9.80 Å². The van der Waals surface area contributed by atoms with E-state index in [0.717, 1.165) is 32.0 Å². The summed E-state index contributed by atoms with van der Waals surface area (Å²) in [6.45, 7) is 6.86. The van der Waals surface area contributed by atoms with Gasteiger partial charge in [-0.3, -0.25) is 9.69 Å². The van der Waals surface area contributed by atoms with Gasteiger partial charge in [0.05, 0.1) is 6.54 Å². The van der Waals surface area contributed by atoms with Crippen molar-refractivity contribution in [3.8, 4) is 0 Å². The second-order valence-corrected chi connectivity index (χ2v) is 6.54. The Labute approximate surface area is 146 Å². The molecule has 21 heavy (non-hydrogen) atoms. The highest BCUT2D eigenvalue weighted by Gasteiger charge is 2.31. The molecule has 4 heterocycles. The Morgan fingerprint density at radius 2 is 1.52 bits per heavy atom. The number of halogens is 3. The summed E-state index contributed by atoms with van der Waals surface area (Å²) >= 11 is 0. The molecule has 4 bridgehead atoms. The molecule has 4 aliphatic rings. The molecular formula is C14H28Cl3N3O. The first-order valence-electron chi connectivity index (χ1n) is 7.41. The Morgan fingerprint density at radius 1 is 0.905 bits per heavy atom. The lowest BCUT2D eigenvalue weighted by molar-refractivity contribution is -0.122. The molecule has 0 radical (unpaired) electrons. The second-order valence-electron chi connectivity index (χ2n) is 6.54. The third kappa shape index (κ3) is 5.85. The average molecular weight is 361 g/mol. The van der Waals surface area contributed by atoms with Gasteiger partial charge in [0.25, 0.3) is 0 Å². The zero-order chi connectivity index (χ0) is 12.5. The van der Waals surface area contributed by atoms with Crippen LogP contribution < -0.4 is 5.73 Å². The zero-order valence-corrected chi connectivity index (χ0v) is 14.9. The minimum absolute atomic E-state index is 0. The lowest BCUT2D eigenvalue weighted by Gasteiger charge is -2.26. The van der Waals surface area contributed by atoms with E-state index in [4.69, 9.17) is 5.73 Å². The molecular weight excluding hydrogens is 333 g/mol. The summed E-state index contributed by atoms with van der Waals surface area (Å²) in [5.74, 6) is 2.10. The normalized spacial score (nSPS) is 39.1. The lowest BCUT2D eigenvalue weighted by Crippen LogP contribution is -2.41. The fourth-order valence-electron chi connectivity index (χ4n) is 3.96. The number of piperidine rings is 2. The molecule has 5 atom stereocenters. The highest BCUT2D eigenvalue weighted by atomic mass is 35.5. The Hall–Kier alpha value is 0.420. The van der Waals surface area contributed by atoms with E-state index in [-0.39, 0.29) is 37.2 Å². The number of carbonyl (C=O) groups is 1. The van der Waals surface area contributed by atoms with Gasteiger partial charge in [-0.05, 0) is 44.2 Å². The van der Waals surface area contributed by atoms with Crippen molar-refractivity contribution in [1.29, 1.82) is 0 Å². The number of rotatable bonds is 0. The molecule has 2 unspecified atom stereocenters. The van der Waals surface area contributed by atoms with E-state index in [9.17, 15) is 4.79 Å². The summed E-state index contributed by atoms with van der Waals surface area (Å²) in [6, 6.07) is 0.478. The Bertz CT molecular complexity index is 307. The van der Waals surface area contributed by atoms with Crippen LogP contribution in [0.4, 0.5) is 0 Å². The smallest absolute Gasteiger partial charge is 0.147 e. The maximum atomic E-state index is 10.9. The van der Waals surface area contributed by atoms with Crippen molar-refractivity contribution in [2.75, 3.05) is 39.3 Å². The number of fused-ring (bicyclic) bond motifs is 4. The molecule has 4 nitrogen and oxygen atoms in total. The largest absolute Gasteiger partial charge is 0.327 e. The van der Waals surface area contributed by atoms with Gasteiger partial charge in [-0.1, -0.05) is 0 Å². The Kier molecular flexibility index (Phi) is 9.73. The van der Waals surface area contributed by atoms with Crippen LogP contribution >= 0.6 is 37.2 Å². The predicted molar refractivity (Wildman–Crippen MR) is 93.1 cm³/mol. The number of hydrogen-bond donors (Lipinski definition) is 1. The maximum Gasteiger partial charge on any atom is 0.147 e. The summed E-state index contributed by atoms with van der Waals surface area (Å²) in [5.41, 5.74) is 5.81. The molecule has 4 aliphatic heterocycles. The summed E-state index contributed by atoms with van der Waals surface area (Å²) in [4.78, 5) is 15.6. The van der Waals surface area contributed by atoms with Crippen molar-refractivity contribution in [3.63, 3.8) is 0 Å². The summed E-state index contributed by atoms with van der Waals surface area (Å²) in [5, 5.41) is 0. The molecule has 7 heteroatoms. The molecule has 0 spiro atoms. The van der Waals surface area contributed by atoms with Gasteiger partial charge < -0.3 is 10.6 Å². The van der Waals surface area contributed by atoms with Crippen LogP contribution in [0.3, 0.4) is 0 Å². The molecule has 0 aliphatic carbocycles. The lowest BCUT2D eigenvalue weighted by atomic mass is 9.98. The van der Waals surface area contributed by atoms with Gasteiger partial charge >= 0.3 is 0 Å². The number of Topliss-reactive ketones (excluding diaryl/α,β-unsaturated/α-hetero) is 1. The van der Waals surface area contributed by atoms with E-state index in [1.165, 1.54) is 38.9 Å². The van der Waals surface area contributed by atoms with Gasteiger partial charge in [0, 0.05) is 32.1 Å². The first-order valence-corrected chi connectivity index (χ1v) is 7.41. The number of nitrogens with two attached hydrogens (primary N) is 1. The van der Waals surface area contributed by atoms with Gasteiger partial charge in [0.15, 0.2) is 0 Å². The van der Waals surface area contributed by atoms with Crippen molar-refractivity contribution in [3.05, 3.63) is 0 Å². The van der Waals surface area contributed by atoms with Crippen LogP contribution in [0.15, 0.2) is 0 Å². The summed E-state index contributed by atoms with van der Waals surface area (Å²) < 4.78 is 0. The van der Waals surface area contributed by atoms with Gasteiger partial charge in [0.1, 0.15) is 5.78 Å². The summed E-state index contributed by atoms with van der Waals surface area (Å²) in [7, 11) is 0. The number of ketones is 1. The van der Waals surface area contributed by atoms with Gasteiger partial charge in [0.2, 0.25) is 0 Å². The van der Waals surface area contributed by atoms with Crippen molar-refractivity contribution in [2.24, 2.45) is 17.6 Å². The Morgan fingerprint density at radius 3 is 2.19 bits per heavy atom. The van der Waals surface area contributed by atoms with E-state index in [1.807, 2.05) is 0 Å². The SMILES string of the molecule is Cl.Cl.Cl.N[C@@H]1C[C@H]2CCN(C1)C2.O=C1C[C@H]2CCN(C1)C2. The van der Waals surface area contributed by atoms with E-state index in [2.05, 4.69) is 9.80 Å². The quantitative estimate of drug-likeness (QED) is 0.712. The van der Waals surface area contributed by atoms with Crippen LogP contribution in [0.25, 0.3) is 0 Å². The molecule has 0 saturated carbocycles. The number of nitrogens with zero attached hydrogens (tertiary/aromatic N) is 2. The maximum absolute atomic E-state index is 10.9. The highest BCUT2D eigenvalue weighted by Crippen LogP contribution is 2.25. The van der Waals surface area contributed by atoms with Crippen LogP contribution in [0.1, 0.15) is 25.7 Å². The molecule has 4 rings (SSSR count). The highest BCUT2D eigenvalue weighted by molar-refractivity contribution is 5.86. The number of carbonyl (C=O) groups excluding carboxylic acids is 1.